The van der Waals surface area contributed by atoms with Crippen molar-refractivity contribution in [1.29, 1.82) is 0 Å². The highest BCUT2D eigenvalue weighted by molar-refractivity contribution is 6.30. The first-order valence-electron chi connectivity index (χ1n) is 9.91. The number of nitrogens with one attached hydrogen (secondary N) is 4. The Labute approximate surface area is 176 Å². The van der Waals surface area contributed by atoms with Crippen LogP contribution in [0.4, 0.5) is 11.4 Å². The van der Waals surface area contributed by atoms with Crippen LogP contribution < -0.4 is 26.6 Å². The maximum atomic E-state index is 13.1. The van der Waals surface area contributed by atoms with Gasteiger partial charge in [-0.2, -0.15) is 5.53 Å². The summed E-state index contributed by atoms with van der Waals surface area (Å²) in [6.45, 7) is 7.36. The van der Waals surface area contributed by atoms with Crippen LogP contribution >= 0.6 is 11.6 Å². The van der Waals surface area contributed by atoms with Crippen molar-refractivity contribution in [3.8, 4) is 0 Å². The summed E-state index contributed by atoms with van der Waals surface area (Å²) in [6, 6.07) is 13.5. The normalized spacial score (nSPS) is 22.0. The summed E-state index contributed by atoms with van der Waals surface area (Å²) in [6.07, 6.45) is -0.280. The molecule has 2 aromatic carbocycles. The lowest BCUT2D eigenvalue weighted by atomic mass is 10.1. The van der Waals surface area contributed by atoms with E-state index < -0.39 is 6.04 Å². The molecule has 0 aliphatic carbocycles. The van der Waals surface area contributed by atoms with E-state index >= 15 is 0 Å². The zero-order chi connectivity index (χ0) is 20.4. The zero-order valence-corrected chi connectivity index (χ0v) is 17.5. The first-order chi connectivity index (χ1) is 14.0. The Morgan fingerprint density at radius 2 is 1.83 bits per heavy atom. The van der Waals surface area contributed by atoms with Gasteiger partial charge in [0.05, 0.1) is 0 Å². The molecule has 2 fully saturated rings. The molecule has 2 aromatic rings. The molecular formula is C21H27ClN6O. The van der Waals surface area contributed by atoms with Gasteiger partial charge in [-0.05, 0) is 49.2 Å². The topological polar surface area (TPSA) is 71.7 Å². The van der Waals surface area contributed by atoms with Crippen LogP contribution in [0.5, 0.6) is 0 Å². The molecule has 2 aliphatic rings. The molecule has 4 rings (SSSR count). The molecule has 0 aromatic heterocycles. The van der Waals surface area contributed by atoms with Crippen LogP contribution in [0.1, 0.15) is 11.1 Å². The molecule has 1 amide bonds. The Balaban J connectivity index is 1.38. The molecule has 0 radical (unpaired) electrons. The molecule has 2 atom stereocenters. The van der Waals surface area contributed by atoms with Crippen LogP contribution in [0.15, 0.2) is 42.5 Å². The fourth-order valence-electron chi connectivity index (χ4n) is 3.89. The van der Waals surface area contributed by atoms with Crippen molar-refractivity contribution in [2.24, 2.45) is 0 Å². The summed E-state index contributed by atoms with van der Waals surface area (Å²) in [4.78, 5) is 17.4. The van der Waals surface area contributed by atoms with Gasteiger partial charge < -0.3 is 15.1 Å². The minimum Gasteiger partial charge on any atom is -0.368 e. The van der Waals surface area contributed by atoms with Crippen molar-refractivity contribution in [3.63, 3.8) is 0 Å². The maximum absolute atomic E-state index is 13.1. The lowest BCUT2D eigenvalue weighted by molar-refractivity contribution is -0.133. The van der Waals surface area contributed by atoms with E-state index in [1.807, 2.05) is 29.2 Å². The molecule has 2 heterocycles. The SMILES string of the molecule is Cc1cccc(N2CCN(C(=O)C3NNNC3Nc3cccc(Cl)c3)CC2)c1C. The first kappa shape index (κ1) is 20.0. The molecule has 2 aliphatic heterocycles. The van der Waals surface area contributed by atoms with E-state index in [4.69, 9.17) is 11.6 Å². The Morgan fingerprint density at radius 3 is 2.59 bits per heavy atom. The average molecular weight is 415 g/mol. The quantitative estimate of drug-likeness (QED) is 0.613. The van der Waals surface area contributed by atoms with E-state index in [-0.39, 0.29) is 12.1 Å². The first-order valence-corrected chi connectivity index (χ1v) is 10.3. The van der Waals surface area contributed by atoms with Gasteiger partial charge in [-0.3, -0.25) is 4.79 Å². The number of benzene rings is 2. The maximum Gasteiger partial charge on any atom is 0.244 e. The molecular weight excluding hydrogens is 388 g/mol. The van der Waals surface area contributed by atoms with E-state index in [0.717, 1.165) is 18.8 Å². The number of piperazine rings is 1. The van der Waals surface area contributed by atoms with Crippen molar-refractivity contribution in [1.82, 2.24) is 21.3 Å². The number of hydrogen-bond donors (Lipinski definition) is 4. The molecule has 0 spiro atoms. The number of rotatable bonds is 4. The standard InChI is InChI=1S/C21H27ClN6O/c1-14-5-3-8-18(15(14)2)27-9-11-28(12-10-27)21(29)19-20(25-26-24-19)23-17-7-4-6-16(22)13-17/h3-8,13,19-20,23-26H,9-12H2,1-2H3. The summed E-state index contributed by atoms with van der Waals surface area (Å²) in [5.74, 6) is 0.0719. The number of halogens is 1. The van der Waals surface area contributed by atoms with E-state index in [9.17, 15) is 4.79 Å². The van der Waals surface area contributed by atoms with Crippen molar-refractivity contribution in [3.05, 3.63) is 58.6 Å². The number of aryl methyl sites for hydroxylation is 1. The minimum absolute atomic E-state index is 0.0719. The lowest BCUT2D eigenvalue weighted by Gasteiger charge is -2.38. The third-order valence-corrected chi connectivity index (χ3v) is 5.94. The van der Waals surface area contributed by atoms with Crippen molar-refractivity contribution in [2.75, 3.05) is 36.4 Å². The number of nitrogens with zero attached hydrogens (tertiary/aromatic N) is 2. The monoisotopic (exact) mass is 414 g/mol. The Morgan fingerprint density at radius 1 is 1.07 bits per heavy atom. The second-order valence-electron chi connectivity index (χ2n) is 7.56. The third kappa shape index (κ3) is 4.33. The average Bonchev–Trinajstić information content (AvgIpc) is 3.18. The molecule has 4 N–H and O–H groups in total. The highest BCUT2D eigenvalue weighted by Gasteiger charge is 2.36. The number of hydrazine groups is 2. The van der Waals surface area contributed by atoms with Gasteiger partial charge in [-0.1, -0.05) is 29.8 Å². The largest absolute Gasteiger partial charge is 0.368 e. The van der Waals surface area contributed by atoms with E-state index in [0.29, 0.717) is 18.1 Å². The van der Waals surface area contributed by atoms with Gasteiger partial charge in [-0.25, -0.2) is 10.9 Å². The van der Waals surface area contributed by atoms with Crippen molar-refractivity contribution < 1.29 is 4.79 Å². The third-order valence-electron chi connectivity index (χ3n) is 5.71. The number of anilines is 2. The smallest absolute Gasteiger partial charge is 0.244 e. The fraction of sp³-hybridized carbons (Fsp3) is 0.381. The zero-order valence-electron chi connectivity index (χ0n) is 16.7. The molecule has 0 saturated carbocycles. The van der Waals surface area contributed by atoms with Gasteiger partial charge >= 0.3 is 0 Å². The molecule has 154 valence electrons. The number of carbonyl (C=O) groups is 1. The highest BCUT2D eigenvalue weighted by Crippen LogP contribution is 2.24. The molecule has 7 nitrogen and oxygen atoms in total. The predicted molar refractivity (Wildman–Crippen MR) is 117 cm³/mol. The van der Waals surface area contributed by atoms with Gasteiger partial charge in [0.25, 0.3) is 0 Å². The van der Waals surface area contributed by atoms with Crippen LogP contribution in [0.2, 0.25) is 5.02 Å². The minimum atomic E-state index is -0.416. The number of hydrogen-bond acceptors (Lipinski definition) is 6. The van der Waals surface area contributed by atoms with Crippen molar-refractivity contribution >= 4 is 28.9 Å². The summed E-state index contributed by atoms with van der Waals surface area (Å²) in [5.41, 5.74) is 13.7. The van der Waals surface area contributed by atoms with Crippen LogP contribution in [0.25, 0.3) is 0 Å². The van der Waals surface area contributed by atoms with E-state index in [1.54, 1.807) is 0 Å². The Kier molecular flexibility index (Phi) is 5.91. The predicted octanol–water partition coefficient (Wildman–Crippen LogP) is 2.02. The van der Waals surface area contributed by atoms with Crippen LogP contribution in [0, 0.1) is 13.8 Å². The number of amides is 1. The second kappa shape index (κ2) is 8.59. The Bertz CT molecular complexity index is 883. The van der Waals surface area contributed by atoms with Gasteiger partial charge in [0, 0.05) is 42.6 Å². The summed E-state index contributed by atoms with van der Waals surface area (Å²) >= 11 is 6.06. The van der Waals surface area contributed by atoms with Gasteiger partial charge in [-0.15, -0.1) is 0 Å². The van der Waals surface area contributed by atoms with E-state index in [2.05, 4.69) is 58.6 Å². The number of carbonyl (C=O) groups excluding carboxylic acids is 1. The Hall–Kier alpha value is -2.32. The van der Waals surface area contributed by atoms with E-state index in [1.165, 1.54) is 16.8 Å². The van der Waals surface area contributed by atoms with Gasteiger partial charge in [0.15, 0.2) is 0 Å². The van der Waals surface area contributed by atoms with Crippen molar-refractivity contribution in [2.45, 2.75) is 26.1 Å². The molecule has 2 unspecified atom stereocenters. The molecule has 29 heavy (non-hydrogen) atoms. The summed E-state index contributed by atoms with van der Waals surface area (Å²) in [5, 5.41) is 3.97. The van der Waals surface area contributed by atoms with Crippen LogP contribution in [0.3, 0.4) is 0 Å². The van der Waals surface area contributed by atoms with Gasteiger partial charge in [0.2, 0.25) is 5.91 Å². The molecule has 8 heteroatoms. The highest BCUT2D eigenvalue weighted by atomic mass is 35.5. The second-order valence-corrected chi connectivity index (χ2v) is 7.99. The van der Waals surface area contributed by atoms with Crippen LogP contribution in [-0.4, -0.2) is 49.2 Å². The summed E-state index contributed by atoms with van der Waals surface area (Å²) in [7, 11) is 0. The van der Waals surface area contributed by atoms with Gasteiger partial charge in [0.1, 0.15) is 12.2 Å². The molecule has 0 bridgehead atoms. The van der Waals surface area contributed by atoms with Crippen LogP contribution in [-0.2, 0) is 4.79 Å². The molecule has 2 saturated heterocycles. The fourth-order valence-corrected chi connectivity index (χ4v) is 4.08. The lowest BCUT2D eigenvalue weighted by Crippen LogP contribution is -2.57. The summed E-state index contributed by atoms with van der Waals surface area (Å²) < 4.78 is 0.